The zero-order valence-electron chi connectivity index (χ0n) is 22.0. The predicted octanol–water partition coefficient (Wildman–Crippen LogP) is 0.471. The Morgan fingerprint density at radius 1 is 1.25 bits per heavy atom. The maximum atomic E-state index is 13.2. The molecule has 1 aromatic heterocycles. The topological polar surface area (TPSA) is 215 Å². The van der Waals surface area contributed by atoms with Crippen LogP contribution in [0.5, 0.6) is 0 Å². The van der Waals surface area contributed by atoms with Crippen LogP contribution in [0.25, 0.3) is 0 Å². The van der Waals surface area contributed by atoms with E-state index < -0.39 is 53.5 Å². The standard InChI is InChI=1S/C23H28N6O9S2/c1-23(2,3)20(33)38-10-37-19(32)15-11(6-5-7-36-22(25)34)8-39-18-14(17(31)29(15)18)27-16(30)13(28-35-4)12-9-40-21(24)26-12/h5-6,9,14,18H,7-8,10H2,1-4H3,(H2,24,26)(H2,25,34)(H,27,30)/b6-5+,28-13+. The smallest absolute Gasteiger partial charge is 0.404 e. The molecule has 216 valence electrons. The van der Waals surface area contributed by atoms with Gasteiger partial charge in [-0.3, -0.25) is 19.3 Å². The first-order chi connectivity index (χ1) is 18.8. The van der Waals surface area contributed by atoms with E-state index in [9.17, 15) is 24.0 Å². The number of thioether (sulfide) groups is 1. The number of aromatic nitrogens is 1. The number of esters is 2. The van der Waals surface area contributed by atoms with E-state index in [1.165, 1.54) is 41.3 Å². The van der Waals surface area contributed by atoms with E-state index in [-0.39, 0.29) is 34.6 Å². The van der Waals surface area contributed by atoms with Crippen LogP contribution in [0.3, 0.4) is 0 Å². The fourth-order valence-electron chi connectivity index (χ4n) is 3.40. The number of hydrogen-bond acceptors (Lipinski definition) is 14. The summed E-state index contributed by atoms with van der Waals surface area (Å²) < 4.78 is 14.8. The van der Waals surface area contributed by atoms with Crippen LogP contribution in [0.15, 0.2) is 34.0 Å². The molecule has 0 spiro atoms. The summed E-state index contributed by atoms with van der Waals surface area (Å²) in [5.41, 5.74) is 10.0. The summed E-state index contributed by atoms with van der Waals surface area (Å²) in [6, 6.07) is -1.01. The molecule has 40 heavy (non-hydrogen) atoms. The monoisotopic (exact) mass is 596 g/mol. The van der Waals surface area contributed by atoms with Crippen LogP contribution < -0.4 is 16.8 Å². The molecule has 15 nitrogen and oxygen atoms in total. The molecule has 1 aromatic rings. The van der Waals surface area contributed by atoms with E-state index in [1.54, 1.807) is 20.8 Å². The maximum absolute atomic E-state index is 13.2. The molecule has 1 saturated heterocycles. The molecule has 17 heteroatoms. The highest BCUT2D eigenvalue weighted by Gasteiger charge is 2.54. The minimum absolute atomic E-state index is 0.112. The molecule has 2 aliphatic heterocycles. The van der Waals surface area contributed by atoms with Gasteiger partial charge in [0, 0.05) is 11.1 Å². The number of allylic oxidation sites excluding steroid dienone is 1. The second kappa shape index (κ2) is 12.8. The van der Waals surface area contributed by atoms with Gasteiger partial charge in [-0.1, -0.05) is 11.2 Å². The van der Waals surface area contributed by atoms with Gasteiger partial charge in [0.25, 0.3) is 11.8 Å². The maximum Gasteiger partial charge on any atom is 0.404 e. The van der Waals surface area contributed by atoms with Crippen molar-refractivity contribution in [1.29, 1.82) is 0 Å². The lowest BCUT2D eigenvalue weighted by molar-refractivity contribution is -0.173. The number of anilines is 1. The van der Waals surface area contributed by atoms with Crippen LogP contribution in [0.2, 0.25) is 0 Å². The molecule has 1 fully saturated rings. The lowest BCUT2D eigenvalue weighted by Gasteiger charge is -2.49. The Morgan fingerprint density at radius 2 is 1.98 bits per heavy atom. The third-order valence-electron chi connectivity index (χ3n) is 5.27. The third kappa shape index (κ3) is 7.09. The van der Waals surface area contributed by atoms with Gasteiger partial charge in [0.1, 0.15) is 36.5 Å². The van der Waals surface area contributed by atoms with E-state index in [0.717, 1.165) is 11.3 Å². The molecule has 2 aliphatic rings. The SMILES string of the molecule is CO/N=C(/C(=O)NC1C(=O)N2C(C(=O)OCOC(=O)C(C)(C)C)=C(/C=C/COC(N)=O)CSC12)c1csc(N)n1. The van der Waals surface area contributed by atoms with Crippen molar-refractivity contribution in [3.63, 3.8) is 0 Å². The van der Waals surface area contributed by atoms with E-state index in [2.05, 4.69) is 20.2 Å². The van der Waals surface area contributed by atoms with Crippen LogP contribution in [-0.2, 0) is 38.2 Å². The summed E-state index contributed by atoms with van der Waals surface area (Å²) in [5.74, 6) is -2.63. The second-order valence-corrected chi connectivity index (χ2v) is 11.2. The summed E-state index contributed by atoms with van der Waals surface area (Å²) in [4.78, 5) is 72.1. The number of carbonyl (C=O) groups excluding carboxylic acids is 5. The minimum Gasteiger partial charge on any atom is -0.445 e. The molecule has 0 aliphatic carbocycles. The fourth-order valence-corrected chi connectivity index (χ4v) is 5.27. The Labute approximate surface area is 236 Å². The molecular formula is C23H28N6O9S2. The van der Waals surface area contributed by atoms with Crippen LogP contribution in [0.4, 0.5) is 9.93 Å². The normalized spacial score (nSPS) is 19.1. The highest BCUT2D eigenvalue weighted by atomic mass is 32.2. The Balaban J connectivity index is 1.79. The average Bonchev–Trinajstić information content (AvgIpc) is 3.32. The Bertz CT molecular complexity index is 1280. The molecule has 0 bridgehead atoms. The van der Waals surface area contributed by atoms with Crippen molar-refractivity contribution in [1.82, 2.24) is 15.2 Å². The van der Waals surface area contributed by atoms with Gasteiger partial charge in [0.2, 0.25) is 6.79 Å². The minimum atomic E-state index is -1.01. The first kappa shape index (κ1) is 30.4. The number of rotatable bonds is 10. The number of nitrogens with two attached hydrogens (primary N) is 2. The van der Waals surface area contributed by atoms with Crippen molar-refractivity contribution >= 4 is 63.8 Å². The molecule has 3 amide bonds. The summed E-state index contributed by atoms with van der Waals surface area (Å²) >= 11 is 2.37. The molecule has 2 atom stereocenters. The third-order valence-corrected chi connectivity index (χ3v) is 7.25. The number of amides is 3. The van der Waals surface area contributed by atoms with Gasteiger partial charge in [-0.2, -0.15) is 0 Å². The van der Waals surface area contributed by atoms with Gasteiger partial charge in [-0.15, -0.1) is 23.1 Å². The van der Waals surface area contributed by atoms with Gasteiger partial charge >= 0.3 is 18.0 Å². The zero-order chi connectivity index (χ0) is 29.6. The quantitative estimate of drug-likeness (QED) is 0.110. The number of carbonyl (C=O) groups is 5. The number of nitrogen functional groups attached to an aromatic ring is 1. The van der Waals surface area contributed by atoms with Crippen LogP contribution in [0.1, 0.15) is 26.5 Å². The first-order valence-electron chi connectivity index (χ1n) is 11.6. The lowest BCUT2D eigenvalue weighted by Crippen LogP contribution is -2.71. The van der Waals surface area contributed by atoms with Crippen molar-refractivity contribution in [3.05, 3.63) is 34.5 Å². The number of β-lactam (4-membered cyclic amide) rings is 1. The van der Waals surface area contributed by atoms with Gasteiger partial charge in [-0.25, -0.2) is 14.6 Å². The molecular weight excluding hydrogens is 568 g/mol. The summed E-state index contributed by atoms with van der Waals surface area (Å²) in [6.45, 7) is 4.07. The molecule has 0 aromatic carbocycles. The first-order valence-corrected chi connectivity index (χ1v) is 13.5. The Hall–Kier alpha value is -4.12. The lowest BCUT2D eigenvalue weighted by atomic mass is 9.98. The van der Waals surface area contributed by atoms with Gasteiger partial charge in [-0.05, 0) is 32.4 Å². The zero-order valence-corrected chi connectivity index (χ0v) is 23.6. The summed E-state index contributed by atoms with van der Waals surface area (Å²) in [7, 11) is 1.25. The largest absolute Gasteiger partial charge is 0.445 e. The molecule has 0 saturated carbocycles. The number of primary amides is 1. The van der Waals surface area contributed by atoms with Crippen molar-refractivity contribution in [3.8, 4) is 0 Å². The highest BCUT2D eigenvalue weighted by molar-refractivity contribution is 8.00. The second-order valence-electron chi connectivity index (χ2n) is 9.19. The number of thiazole rings is 1. The molecule has 5 N–H and O–H groups in total. The van der Waals surface area contributed by atoms with Crippen molar-refractivity contribution in [2.45, 2.75) is 32.2 Å². The summed E-state index contributed by atoms with van der Waals surface area (Å²) in [6.07, 6.45) is 1.94. The van der Waals surface area contributed by atoms with Gasteiger partial charge in [0.15, 0.2) is 10.8 Å². The number of fused-ring (bicyclic) bond motifs is 1. The van der Waals surface area contributed by atoms with Gasteiger partial charge < -0.3 is 35.8 Å². The van der Waals surface area contributed by atoms with Crippen LogP contribution >= 0.6 is 23.1 Å². The number of oxime groups is 1. The Morgan fingerprint density at radius 3 is 2.58 bits per heavy atom. The number of nitrogens with zero attached hydrogens (tertiary/aromatic N) is 3. The average molecular weight is 597 g/mol. The number of nitrogens with one attached hydrogen (secondary N) is 1. The highest BCUT2D eigenvalue weighted by Crippen LogP contribution is 2.41. The van der Waals surface area contributed by atoms with Crippen molar-refractivity contribution in [2.24, 2.45) is 16.3 Å². The molecule has 0 radical (unpaired) electrons. The van der Waals surface area contributed by atoms with Crippen molar-refractivity contribution < 1.29 is 43.0 Å². The van der Waals surface area contributed by atoms with Crippen molar-refractivity contribution in [2.75, 3.05) is 32.0 Å². The molecule has 3 heterocycles. The van der Waals surface area contributed by atoms with E-state index in [4.69, 9.17) is 25.8 Å². The van der Waals surface area contributed by atoms with Crippen LogP contribution in [0, 0.1) is 5.41 Å². The molecule has 2 unspecified atom stereocenters. The van der Waals surface area contributed by atoms with E-state index in [0.29, 0.717) is 5.57 Å². The number of ether oxygens (including phenoxy) is 3. The molecule has 3 rings (SSSR count). The predicted molar refractivity (Wildman–Crippen MR) is 143 cm³/mol. The van der Waals surface area contributed by atoms with Gasteiger partial charge in [0.05, 0.1) is 5.41 Å². The number of hydrogen-bond donors (Lipinski definition) is 3. The Kier molecular flexibility index (Phi) is 9.75. The van der Waals surface area contributed by atoms with E-state index in [1.807, 2.05) is 0 Å². The summed E-state index contributed by atoms with van der Waals surface area (Å²) in [5, 5.41) is 7.37. The van der Waals surface area contributed by atoms with E-state index >= 15 is 0 Å². The fraction of sp³-hybridized carbons (Fsp3) is 0.435. The van der Waals surface area contributed by atoms with Crippen LogP contribution in [-0.4, -0.2) is 83.1 Å².